The molecule has 0 aliphatic carbocycles. The van der Waals surface area contributed by atoms with Gasteiger partial charge in [-0.25, -0.2) is 4.79 Å². The van der Waals surface area contributed by atoms with Gasteiger partial charge in [0.15, 0.2) is 0 Å². The summed E-state index contributed by atoms with van der Waals surface area (Å²) in [4.78, 5) is 24.8. The van der Waals surface area contributed by atoms with Crippen LogP contribution in [-0.4, -0.2) is 18.5 Å². The molecule has 0 saturated carbocycles. The first-order chi connectivity index (χ1) is 17.0. The quantitative estimate of drug-likeness (QED) is 0.226. The normalized spacial score (nSPS) is 13.7. The van der Waals surface area contributed by atoms with Gasteiger partial charge in [-0.3, -0.25) is 4.79 Å². The molecule has 0 saturated heterocycles. The number of ether oxygens (including phenoxy) is 3. The van der Waals surface area contributed by atoms with Crippen molar-refractivity contribution in [2.24, 2.45) is 5.92 Å². The minimum atomic E-state index is -1.12. The van der Waals surface area contributed by atoms with E-state index in [2.05, 4.69) is 13.0 Å². The molecule has 0 N–H and O–H groups in total. The number of esters is 2. The van der Waals surface area contributed by atoms with E-state index in [4.69, 9.17) is 14.2 Å². The summed E-state index contributed by atoms with van der Waals surface area (Å²) in [7, 11) is 0. The van der Waals surface area contributed by atoms with Gasteiger partial charge < -0.3 is 14.2 Å². The van der Waals surface area contributed by atoms with Crippen molar-refractivity contribution in [1.82, 2.24) is 0 Å². The summed E-state index contributed by atoms with van der Waals surface area (Å²) in [5, 5.41) is 0. The zero-order chi connectivity index (χ0) is 24.9. The van der Waals surface area contributed by atoms with Crippen LogP contribution in [0, 0.1) is 5.92 Å². The molecule has 0 bridgehead atoms. The van der Waals surface area contributed by atoms with Crippen molar-refractivity contribution in [2.45, 2.75) is 39.1 Å². The van der Waals surface area contributed by atoms with E-state index in [9.17, 15) is 9.59 Å². The highest BCUT2D eigenvalue weighted by Gasteiger charge is 2.28. The van der Waals surface area contributed by atoms with Gasteiger partial charge in [-0.05, 0) is 17.0 Å². The van der Waals surface area contributed by atoms with Gasteiger partial charge in [0.05, 0.1) is 13.2 Å². The van der Waals surface area contributed by atoms with Gasteiger partial charge in [-0.1, -0.05) is 110 Å². The largest absolute Gasteiger partial charge is 0.454 e. The Hall–Kier alpha value is -3.70. The van der Waals surface area contributed by atoms with Crippen LogP contribution >= 0.6 is 0 Å². The molecule has 3 atom stereocenters. The average Bonchev–Trinajstić information content (AvgIpc) is 2.88. The van der Waals surface area contributed by atoms with Gasteiger partial charge in [0.2, 0.25) is 6.10 Å². The molecule has 0 unspecified atom stereocenters. The Morgan fingerprint density at radius 1 is 0.800 bits per heavy atom. The van der Waals surface area contributed by atoms with Crippen LogP contribution in [0.2, 0.25) is 0 Å². The second kappa shape index (κ2) is 13.9. The Balaban J connectivity index is 1.63. The first kappa shape index (κ1) is 25.9. The number of rotatable bonds is 12. The van der Waals surface area contributed by atoms with Crippen LogP contribution in [0.1, 0.15) is 49.2 Å². The number of carbonyl (C=O) groups excluding carboxylic acids is 2. The lowest BCUT2D eigenvalue weighted by Gasteiger charge is -2.22. The fourth-order valence-electron chi connectivity index (χ4n) is 3.59. The van der Waals surface area contributed by atoms with E-state index < -0.39 is 24.1 Å². The van der Waals surface area contributed by atoms with Crippen molar-refractivity contribution >= 4 is 11.9 Å². The Labute approximate surface area is 207 Å². The zero-order valence-corrected chi connectivity index (χ0v) is 20.2. The van der Waals surface area contributed by atoms with Crippen LogP contribution in [-0.2, 0) is 30.4 Å². The van der Waals surface area contributed by atoms with Crippen LogP contribution in [0.5, 0.6) is 0 Å². The maximum atomic E-state index is 13.1. The first-order valence-corrected chi connectivity index (χ1v) is 11.8. The first-order valence-electron chi connectivity index (χ1n) is 11.8. The number of benzene rings is 3. The Morgan fingerprint density at radius 2 is 1.37 bits per heavy atom. The third-order valence-corrected chi connectivity index (χ3v) is 5.34. The molecule has 182 valence electrons. The molecule has 0 heterocycles. The van der Waals surface area contributed by atoms with Crippen molar-refractivity contribution in [2.75, 3.05) is 6.61 Å². The van der Waals surface area contributed by atoms with Gasteiger partial charge in [0.25, 0.3) is 0 Å². The van der Waals surface area contributed by atoms with Crippen molar-refractivity contribution in [3.8, 4) is 0 Å². The molecule has 0 spiro atoms. The summed E-state index contributed by atoms with van der Waals surface area (Å²) in [6.07, 6.45) is 2.93. The lowest BCUT2D eigenvalue weighted by molar-refractivity contribution is -0.171. The van der Waals surface area contributed by atoms with Crippen LogP contribution in [0.15, 0.2) is 103 Å². The second-order valence-corrected chi connectivity index (χ2v) is 8.38. The highest BCUT2D eigenvalue weighted by molar-refractivity contribution is 5.80. The van der Waals surface area contributed by atoms with Crippen LogP contribution < -0.4 is 0 Å². The van der Waals surface area contributed by atoms with E-state index >= 15 is 0 Å². The molecule has 5 nitrogen and oxygen atoms in total. The Bertz CT molecular complexity index is 1060. The topological polar surface area (TPSA) is 61.8 Å². The summed E-state index contributed by atoms with van der Waals surface area (Å²) in [6, 6.07) is 28.5. The zero-order valence-electron chi connectivity index (χ0n) is 20.2. The summed E-state index contributed by atoms with van der Waals surface area (Å²) in [5.74, 6) is -0.951. The van der Waals surface area contributed by atoms with E-state index in [1.807, 2.05) is 72.8 Å². The standard InChI is InChI=1S/C30H32O5/c1-23(21-33-22-25-14-6-3-7-15-25)13-12-20-28(26-16-8-4-9-17-26)35-30(32)29(34-24(2)31)27-18-10-5-11-19-27/h3-19,23,28-29H,20-22H2,1-2H3/b13-12-/t23-,28+,29+/m1/s1. The van der Waals surface area contributed by atoms with Gasteiger partial charge in [-0.15, -0.1) is 0 Å². The molecule has 3 aromatic carbocycles. The SMILES string of the molecule is CC(=O)O[C@H](C(=O)O[C@@H](C/C=C\[C@@H](C)COCc1ccccc1)c1ccccc1)c1ccccc1. The Kier molecular flexibility index (Phi) is 10.3. The molecule has 0 aliphatic rings. The predicted molar refractivity (Wildman–Crippen MR) is 135 cm³/mol. The van der Waals surface area contributed by atoms with E-state index in [-0.39, 0.29) is 5.92 Å². The van der Waals surface area contributed by atoms with Crippen molar-refractivity contribution < 1.29 is 23.8 Å². The highest BCUT2D eigenvalue weighted by Crippen LogP contribution is 2.27. The summed E-state index contributed by atoms with van der Waals surface area (Å²) in [6.45, 7) is 4.52. The van der Waals surface area contributed by atoms with Gasteiger partial charge in [0, 0.05) is 18.9 Å². The predicted octanol–water partition coefficient (Wildman–Crippen LogP) is 6.37. The maximum Gasteiger partial charge on any atom is 0.352 e. The smallest absolute Gasteiger partial charge is 0.352 e. The minimum absolute atomic E-state index is 0.198. The fourth-order valence-corrected chi connectivity index (χ4v) is 3.59. The molecule has 0 aliphatic heterocycles. The average molecular weight is 473 g/mol. The highest BCUT2D eigenvalue weighted by atomic mass is 16.6. The molecule has 0 radical (unpaired) electrons. The summed E-state index contributed by atoms with van der Waals surface area (Å²) in [5.41, 5.74) is 2.58. The summed E-state index contributed by atoms with van der Waals surface area (Å²) >= 11 is 0. The van der Waals surface area contributed by atoms with E-state index in [0.29, 0.717) is 25.2 Å². The number of hydrogen-bond donors (Lipinski definition) is 0. The molecule has 0 aromatic heterocycles. The molecular formula is C30H32O5. The van der Waals surface area contributed by atoms with Gasteiger partial charge in [-0.2, -0.15) is 0 Å². The molecule has 3 rings (SSSR count). The second-order valence-electron chi connectivity index (χ2n) is 8.38. The molecule has 3 aromatic rings. The van der Waals surface area contributed by atoms with Crippen LogP contribution in [0.3, 0.4) is 0 Å². The van der Waals surface area contributed by atoms with E-state index in [1.165, 1.54) is 6.92 Å². The Morgan fingerprint density at radius 3 is 1.97 bits per heavy atom. The number of carbonyl (C=O) groups is 2. The van der Waals surface area contributed by atoms with E-state index in [0.717, 1.165) is 11.1 Å². The van der Waals surface area contributed by atoms with Crippen LogP contribution in [0.25, 0.3) is 0 Å². The molecule has 0 amide bonds. The molecular weight excluding hydrogens is 440 g/mol. The fraction of sp³-hybridized carbons (Fsp3) is 0.267. The maximum absolute atomic E-state index is 13.1. The van der Waals surface area contributed by atoms with Gasteiger partial charge >= 0.3 is 11.9 Å². The van der Waals surface area contributed by atoms with Crippen LogP contribution in [0.4, 0.5) is 0 Å². The lowest BCUT2D eigenvalue weighted by atomic mass is 10.0. The molecule has 0 fully saturated rings. The van der Waals surface area contributed by atoms with Gasteiger partial charge in [0.1, 0.15) is 6.10 Å². The number of hydrogen-bond acceptors (Lipinski definition) is 5. The summed E-state index contributed by atoms with van der Waals surface area (Å²) < 4.78 is 17.0. The third-order valence-electron chi connectivity index (χ3n) is 5.34. The minimum Gasteiger partial charge on any atom is -0.454 e. The van der Waals surface area contributed by atoms with E-state index in [1.54, 1.807) is 24.3 Å². The van der Waals surface area contributed by atoms with Crippen molar-refractivity contribution in [3.63, 3.8) is 0 Å². The van der Waals surface area contributed by atoms with Crippen molar-refractivity contribution in [1.29, 1.82) is 0 Å². The third kappa shape index (κ3) is 8.87. The van der Waals surface area contributed by atoms with Crippen molar-refractivity contribution in [3.05, 3.63) is 120 Å². The molecule has 5 heteroatoms. The lowest BCUT2D eigenvalue weighted by Crippen LogP contribution is -2.23. The molecule has 35 heavy (non-hydrogen) atoms. The monoisotopic (exact) mass is 472 g/mol.